The van der Waals surface area contributed by atoms with E-state index in [1.54, 1.807) is 36.5 Å². The maximum atomic E-state index is 12.6. The summed E-state index contributed by atoms with van der Waals surface area (Å²) in [4.78, 5) is 21.1. The Morgan fingerprint density at radius 1 is 0.800 bits per heavy atom. The second kappa shape index (κ2) is 8.87. The monoisotopic (exact) mass is 396 g/mol. The predicted molar refractivity (Wildman–Crippen MR) is 117 cm³/mol. The van der Waals surface area contributed by atoms with Gasteiger partial charge in [-0.05, 0) is 61.5 Å². The zero-order valence-electron chi connectivity index (χ0n) is 16.4. The number of nitrogens with one attached hydrogen (secondary N) is 2. The molecule has 0 saturated heterocycles. The molecule has 0 bridgehead atoms. The van der Waals surface area contributed by atoms with E-state index in [0.717, 1.165) is 17.0 Å². The van der Waals surface area contributed by atoms with Gasteiger partial charge in [0.15, 0.2) is 0 Å². The maximum Gasteiger partial charge on any atom is 0.274 e. The molecule has 6 heteroatoms. The van der Waals surface area contributed by atoms with Crippen LogP contribution in [0.1, 0.15) is 16.1 Å². The lowest BCUT2D eigenvalue weighted by Gasteiger charge is -2.09. The third kappa shape index (κ3) is 4.99. The van der Waals surface area contributed by atoms with E-state index in [4.69, 9.17) is 4.74 Å². The molecule has 0 spiro atoms. The van der Waals surface area contributed by atoms with Crippen molar-refractivity contribution in [2.75, 3.05) is 10.6 Å². The first-order valence-corrected chi connectivity index (χ1v) is 9.47. The molecule has 0 aliphatic heterocycles. The Morgan fingerprint density at radius 2 is 1.47 bits per heavy atom. The van der Waals surface area contributed by atoms with Crippen molar-refractivity contribution in [3.05, 3.63) is 102 Å². The van der Waals surface area contributed by atoms with Crippen LogP contribution in [-0.2, 0) is 0 Å². The van der Waals surface area contributed by atoms with Gasteiger partial charge < -0.3 is 15.4 Å². The van der Waals surface area contributed by atoms with Crippen molar-refractivity contribution in [3.8, 4) is 11.5 Å². The number of aromatic nitrogens is 2. The van der Waals surface area contributed by atoms with Crippen LogP contribution in [0.5, 0.6) is 11.5 Å². The number of hydrogen-bond acceptors (Lipinski definition) is 5. The minimum Gasteiger partial charge on any atom is -0.457 e. The first kappa shape index (κ1) is 19.1. The molecule has 0 fully saturated rings. The molecule has 0 unspecified atom stereocenters. The van der Waals surface area contributed by atoms with E-state index in [9.17, 15) is 4.79 Å². The number of benzene rings is 3. The van der Waals surface area contributed by atoms with Gasteiger partial charge in [-0.3, -0.25) is 4.79 Å². The molecule has 0 radical (unpaired) electrons. The first-order valence-electron chi connectivity index (χ1n) is 9.47. The average Bonchev–Trinajstić information content (AvgIpc) is 2.78. The zero-order valence-corrected chi connectivity index (χ0v) is 16.4. The Kier molecular flexibility index (Phi) is 5.66. The Balaban J connectivity index is 1.40. The van der Waals surface area contributed by atoms with Crippen LogP contribution >= 0.6 is 0 Å². The highest BCUT2D eigenvalue weighted by Crippen LogP contribution is 2.23. The van der Waals surface area contributed by atoms with Crippen LogP contribution < -0.4 is 15.4 Å². The van der Waals surface area contributed by atoms with Crippen LogP contribution in [0.2, 0.25) is 0 Å². The summed E-state index contributed by atoms with van der Waals surface area (Å²) in [5.41, 5.74) is 2.93. The summed E-state index contributed by atoms with van der Waals surface area (Å²) in [6.45, 7) is 2.02. The molecule has 0 aliphatic carbocycles. The van der Waals surface area contributed by atoms with Crippen molar-refractivity contribution in [2.45, 2.75) is 6.92 Å². The highest BCUT2D eigenvalue weighted by atomic mass is 16.5. The number of aryl methyl sites for hydroxylation is 1. The van der Waals surface area contributed by atoms with Gasteiger partial charge in [-0.15, -0.1) is 0 Å². The van der Waals surface area contributed by atoms with Gasteiger partial charge in [0.2, 0.25) is 5.95 Å². The van der Waals surface area contributed by atoms with Gasteiger partial charge in [-0.25, -0.2) is 9.97 Å². The summed E-state index contributed by atoms with van der Waals surface area (Å²) >= 11 is 0. The number of rotatable bonds is 6. The molecular formula is C24H20N4O2. The molecule has 2 N–H and O–H groups in total. The molecule has 1 amide bonds. The second-order valence-electron chi connectivity index (χ2n) is 6.65. The SMILES string of the molecule is Cc1ccc(Nc2nccc(C(=O)Nc3ccc(Oc4ccccc4)cc3)n2)cc1. The molecule has 1 aromatic heterocycles. The van der Waals surface area contributed by atoms with E-state index in [0.29, 0.717) is 17.4 Å². The predicted octanol–water partition coefficient (Wildman–Crippen LogP) is 5.57. The van der Waals surface area contributed by atoms with E-state index >= 15 is 0 Å². The highest BCUT2D eigenvalue weighted by Gasteiger charge is 2.10. The third-order valence-corrected chi connectivity index (χ3v) is 4.29. The van der Waals surface area contributed by atoms with Gasteiger partial charge in [0, 0.05) is 17.6 Å². The van der Waals surface area contributed by atoms with Crippen LogP contribution in [0, 0.1) is 6.92 Å². The number of carbonyl (C=O) groups excluding carboxylic acids is 1. The largest absolute Gasteiger partial charge is 0.457 e. The molecule has 30 heavy (non-hydrogen) atoms. The normalized spacial score (nSPS) is 10.3. The Morgan fingerprint density at radius 3 is 2.20 bits per heavy atom. The molecular weight excluding hydrogens is 376 g/mol. The van der Waals surface area contributed by atoms with E-state index in [-0.39, 0.29) is 11.6 Å². The lowest BCUT2D eigenvalue weighted by Crippen LogP contribution is -2.14. The zero-order chi connectivity index (χ0) is 20.8. The number of ether oxygens (including phenoxy) is 1. The van der Waals surface area contributed by atoms with E-state index in [1.807, 2.05) is 61.5 Å². The van der Waals surface area contributed by atoms with Gasteiger partial charge in [0.1, 0.15) is 17.2 Å². The minimum absolute atomic E-state index is 0.268. The van der Waals surface area contributed by atoms with Gasteiger partial charge in [0.25, 0.3) is 5.91 Å². The van der Waals surface area contributed by atoms with Gasteiger partial charge in [-0.1, -0.05) is 35.9 Å². The van der Waals surface area contributed by atoms with Crippen LogP contribution in [0.4, 0.5) is 17.3 Å². The van der Waals surface area contributed by atoms with E-state index in [2.05, 4.69) is 20.6 Å². The fourth-order valence-corrected chi connectivity index (χ4v) is 2.74. The molecule has 0 atom stereocenters. The standard InChI is InChI=1S/C24H20N4O2/c1-17-7-9-19(10-8-17)27-24-25-16-15-22(28-24)23(29)26-18-11-13-21(14-12-18)30-20-5-3-2-4-6-20/h2-16H,1H3,(H,26,29)(H,25,27,28). The molecule has 6 nitrogen and oxygen atoms in total. The van der Waals surface area contributed by atoms with E-state index in [1.165, 1.54) is 0 Å². The molecule has 4 rings (SSSR count). The van der Waals surface area contributed by atoms with E-state index < -0.39 is 0 Å². The molecule has 0 saturated carbocycles. The molecule has 148 valence electrons. The molecule has 0 aliphatic rings. The molecule has 1 heterocycles. The fraction of sp³-hybridized carbons (Fsp3) is 0.0417. The topological polar surface area (TPSA) is 76.1 Å². The van der Waals surface area contributed by atoms with Crippen molar-refractivity contribution in [2.24, 2.45) is 0 Å². The lowest BCUT2D eigenvalue weighted by atomic mass is 10.2. The summed E-state index contributed by atoms with van der Waals surface area (Å²) < 4.78 is 5.76. The van der Waals surface area contributed by atoms with Crippen LogP contribution in [0.3, 0.4) is 0 Å². The maximum absolute atomic E-state index is 12.6. The van der Waals surface area contributed by atoms with Crippen LogP contribution in [0.15, 0.2) is 91.1 Å². The van der Waals surface area contributed by atoms with Crippen LogP contribution in [-0.4, -0.2) is 15.9 Å². The number of amides is 1. The summed E-state index contributed by atoms with van der Waals surface area (Å²) in [6.07, 6.45) is 1.55. The number of anilines is 3. The van der Waals surface area contributed by atoms with Gasteiger partial charge in [-0.2, -0.15) is 0 Å². The quantitative estimate of drug-likeness (QED) is 0.445. The third-order valence-electron chi connectivity index (χ3n) is 4.29. The number of nitrogens with zero attached hydrogens (tertiary/aromatic N) is 2. The van der Waals surface area contributed by atoms with Gasteiger partial charge in [0.05, 0.1) is 0 Å². The number of carbonyl (C=O) groups is 1. The molecule has 3 aromatic carbocycles. The van der Waals surface area contributed by atoms with Crippen LogP contribution in [0.25, 0.3) is 0 Å². The smallest absolute Gasteiger partial charge is 0.274 e. The summed E-state index contributed by atoms with van der Waals surface area (Å²) in [5, 5.41) is 5.94. The highest BCUT2D eigenvalue weighted by molar-refractivity contribution is 6.03. The average molecular weight is 396 g/mol. The van der Waals surface area contributed by atoms with Crippen molar-refractivity contribution in [1.82, 2.24) is 9.97 Å². The Bertz CT molecular complexity index is 1130. The summed E-state index contributed by atoms with van der Waals surface area (Å²) in [5.74, 6) is 1.48. The second-order valence-corrected chi connectivity index (χ2v) is 6.65. The Labute approximate surface area is 174 Å². The summed E-state index contributed by atoms with van der Waals surface area (Å²) in [6, 6.07) is 26.1. The fourth-order valence-electron chi connectivity index (χ4n) is 2.74. The minimum atomic E-state index is -0.318. The van der Waals surface area contributed by atoms with Crippen molar-refractivity contribution in [3.63, 3.8) is 0 Å². The lowest BCUT2D eigenvalue weighted by molar-refractivity contribution is 0.102. The number of hydrogen-bond donors (Lipinski definition) is 2. The van der Waals surface area contributed by atoms with Crippen molar-refractivity contribution in [1.29, 1.82) is 0 Å². The number of para-hydroxylation sites is 1. The first-order chi connectivity index (χ1) is 14.7. The Hall–Kier alpha value is -4.19. The van der Waals surface area contributed by atoms with Crippen molar-refractivity contribution < 1.29 is 9.53 Å². The van der Waals surface area contributed by atoms with Gasteiger partial charge >= 0.3 is 0 Å². The summed E-state index contributed by atoms with van der Waals surface area (Å²) in [7, 11) is 0. The van der Waals surface area contributed by atoms with Crippen molar-refractivity contribution >= 4 is 23.2 Å². The molecule has 4 aromatic rings.